The highest BCUT2D eigenvalue weighted by Crippen LogP contribution is 2.21. The van der Waals surface area contributed by atoms with E-state index >= 15 is 0 Å². The second kappa shape index (κ2) is 5.11. The SMILES string of the molecule is COC(=O)c1nn(CCC(N)=O)c(C)c1Br. The lowest BCUT2D eigenvalue weighted by molar-refractivity contribution is -0.118. The topological polar surface area (TPSA) is 87.2 Å². The van der Waals surface area contributed by atoms with E-state index in [1.807, 2.05) is 0 Å². The van der Waals surface area contributed by atoms with Crippen LogP contribution in [0.4, 0.5) is 0 Å². The molecule has 0 fully saturated rings. The summed E-state index contributed by atoms with van der Waals surface area (Å²) in [6, 6.07) is 0. The number of esters is 1. The van der Waals surface area contributed by atoms with E-state index in [-0.39, 0.29) is 12.1 Å². The largest absolute Gasteiger partial charge is 0.464 e. The lowest BCUT2D eigenvalue weighted by atomic mass is 10.3. The molecule has 0 aliphatic heterocycles. The number of methoxy groups -OCH3 is 1. The zero-order valence-electron chi connectivity index (χ0n) is 8.99. The highest BCUT2D eigenvalue weighted by molar-refractivity contribution is 9.10. The predicted molar refractivity (Wildman–Crippen MR) is 59.8 cm³/mol. The summed E-state index contributed by atoms with van der Waals surface area (Å²) in [5, 5.41) is 4.04. The minimum atomic E-state index is -0.521. The maximum Gasteiger partial charge on any atom is 0.359 e. The molecule has 0 spiro atoms. The fourth-order valence-electron chi connectivity index (χ4n) is 1.19. The van der Waals surface area contributed by atoms with E-state index in [9.17, 15) is 9.59 Å². The molecule has 0 saturated heterocycles. The van der Waals surface area contributed by atoms with Crippen LogP contribution in [0.3, 0.4) is 0 Å². The molecule has 7 heteroatoms. The molecule has 0 radical (unpaired) electrons. The number of ether oxygens (including phenoxy) is 1. The number of aryl methyl sites for hydroxylation is 1. The molecule has 88 valence electrons. The van der Waals surface area contributed by atoms with Crippen molar-refractivity contribution in [3.05, 3.63) is 15.9 Å². The number of primary amides is 1. The van der Waals surface area contributed by atoms with Crippen molar-refractivity contribution in [3.8, 4) is 0 Å². The Morgan fingerprint density at radius 3 is 2.69 bits per heavy atom. The Balaban J connectivity index is 2.95. The van der Waals surface area contributed by atoms with Crippen molar-refractivity contribution in [1.29, 1.82) is 0 Å². The first-order valence-electron chi connectivity index (χ1n) is 4.57. The molecule has 0 aliphatic rings. The Hall–Kier alpha value is -1.37. The second-order valence-corrected chi connectivity index (χ2v) is 3.97. The summed E-state index contributed by atoms with van der Waals surface area (Å²) in [5.74, 6) is -0.932. The summed E-state index contributed by atoms with van der Waals surface area (Å²) in [6.07, 6.45) is 0.176. The standard InChI is InChI=1S/C9H12BrN3O3/c1-5-7(10)8(9(15)16-2)12-13(5)4-3-6(11)14/h3-4H2,1-2H3,(H2,11,14). The molecular weight excluding hydrogens is 278 g/mol. The van der Waals surface area contributed by atoms with E-state index in [2.05, 4.69) is 25.8 Å². The zero-order valence-corrected chi connectivity index (χ0v) is 10.6. The van der Waals surface area contributed by atoms with E-state index in [1.165, 1.54) is 7.11 Å². The quantitative estimate of drug-likeness (QED) is 0.823. The van der Waals surface area contributed by atoms with Crippen LogP contribution in [0.25, 0.3) is 0 Å². The summed E-state index contributed by atoms with van der Waals surface area (Å²) >= 11 is 3.25. The second-order valence-electron chi connectivity index (χ2n) is 3.18. The highest BCUT2D eigenvalue weighted by atomic mass is 79.9. The summed E-state index contributed by atoms with van der Waals surface area (Å²) in [6.45, 7) is 2.13. The van der Waals surface area contributed by atoms with Crippen LogP contribution in [0.2, 0.25) is 0 Å². The van der Waals surface area contributed by atoms with Crippen molar-refractivity contribution < 1.29 is 14.3 Å². The number of aromatic nitrogens is 2. The van der Waals surface area contributed by atoms with Crippen LogP contribution >= 0.6 is 15.9 Å². The van der Waals surface area contributed by atoms with Crippen molar-refractivity contribution in [2.75, 3.05) is 7.11 Å². The van der Waals surface area contributed by atoms with Crippen molar-refractivity contribution in [2.45, 2.75) is 19.9 Å². The number of carbonyl (C=O) groups is 2. The molecule has 0 aliphatic carbocycles. The predicted octanol–water partition coefficient (Wildman–Crippen LogP) is 0.616. The average Bonchev–Trinajstić information content (AvgIpc) is 2.52. The van der Waals surface area contributed by atoms with Crippen molar-refractivity contribution in [3.63, 3.8) is 0 Å². The lowest BCUT2D eigenvalue weighted by Crippen LogP contribution is -2.15. The molecule has 16 heavy (non-hydrogen) atoms. The number of hydrogen-bond acceptors (Lipinski definition) is 4. The van der Waals surface area contributed by atoms with Crippen molar-refractivity contribution >= 4 is 27.8 Å². The van der Waals surface area contributed by atoms with Gasteiger partial charge in [-0.15, -0.1) is 0 Å². The number of carbonyl (C=O) groups excluding carboxylic acids is 2. The average molecular weight is 290 g/mol. The minimum absolute atomic E-state index is 0.176. The molecule has 1 heterocycles. The monoisotopic (exact) mass is 289 g/mol. The molecule has 2 N–H and O–H groups in total. The van der Waals surface area contributed by atoms with E-state index in [1.54, 1.807) is 11.6 Å². The third-order valence-electron chi connectivity index (χ3n) is 2.08. The van der Waals surface area contributed by atoms with Crippen molar-refractivity contribution in [1.82, 2.24) is 9.78 Å². The lowest BCUT2D eigenvalue weighted by Gasteiger charge is -2.01. The van der Waals surface area contributed by atoms with Crippen LogP contribution in [-0.4, -0.2) is 28.8 Å². The van der Waals surface area contributed by atoms with E-state index in [0.29, 0.717) is 11.0 Å². The first kappa shape index (κ1) is 12.7. The molecule has 0 bridgehead atoms. The van der Waals surface area contributed by atoms with Crippen molar-refractivity contribution in [2.24, 2.45) is 5.73 Å². The Morgan fingerprint density at radius 1 is 1.56 bits per heavy atom. The molecule has 1 rings (SSSR count). The van der Waals surface area contributed by atoms with Crippen LogP contribution in [0, 0.1) is 6.92 Å². The van der Waals surface area contributed by atoms with Gasteiger partial charge in [0.1, 0.15) is 0 Å². The van der Waals surface area contributed by atoms with Gasteiger partial charge < -0.3 is 10.5 Å². The van der Waals surface area contributed by atoms with Gasteiger partial charge in [0.2, 0.25) is 5.91 Å². The Labute approximate surface area is 101 Å². The molecule has 1 aromatic rings. The third kappa shape index (κ3) is 2.60. The van der Waals surface area contributed by atoms with Gasteiger partial charge in [0.05, 0.1) is 23.8 Å². The molecule has 0 atom stereocenters. The van der Waals surface area contributed by atoms with Crippen LogP contribution in [0.5, 0.6) is 0 Å². The molecule has 0 unspecified atom stereocenters. The molecule has 0 aromatic carbocycles. The highest BCUT2D eigenvalue weighted by Gasteiger charge is 2.19. The van der Waals surface area contributed by atoms with E-state index in [0.717, 1.165) is 5.69 Å². The number of amides is 1. The summed E-state index contributed by atoms with van der Waals surface area (Å²) in [7, 11) is 1.28. The molecule has 0 saturated carbocycles. The number of hydrogen-bond donors (Lipinski definition) is 1. The molecule has 1 aromatic heterocycles. The van der Waals surface area contributed by atoms with Gasteiger partial charge in [0, 0.05) is 6.42 Å². The molecule has 6 nitrogen and oxygen atoms in total. The van der Waals surface area contributed by atoms with Gasteiger partial charge in [-0.2, -0.15) is 5.10 Å². The Bertz CT molecular complexity index is 428. The van der Waals surface area contributed by atoms with Gasteiger partial charge in [-0.05, 0) is 22.9 Å². The van der Waals surface area contributed by atoms with E-state index in [4.69, 9.17) is 5.73 Å². The fourth-order valence-corrected chi connectivity index (χ4v) is 1.63. The molecule has 1 amide bonds. The normalized spacial score (nSPS) is 10.2. The maximum absolute atomic E-state index is 11.3. The Morgan fingerprint density at radius 2 is 2.19 bits per heavy atom. The van der Waals surface area contributed by atoms with Crippen LogP contribution in [0.15, 0.2) is 4.47 Å². The van der Waals surface area contributed by atoms with Gasteiger partial charge in [0.15, 0.2) is 5.69 Å². The number of rotatable bonds is 4. The number of nitrogens with zero attached hydrogens (tertiary/aromatic N) is 2. The number of nitrogens with two attached hydrogens (primary N) is 1. The first-order valence-corrected chi connectivity index (χ1v) is 5.36. The third-order valence-corrected chi connectivity index (χ3v) is 3.03. The van der Waals surface area contributed by atoms with Crippen LogP contribution in [0.1, 0.15) is 22.6 Å². The van der Waals surface area contributed by atoms with Gasteiger partial charge in [-0.25, -0.2) is 4.79 Å². The summed E-state index contributed by atoms with van der Waals surface area (Å²) in [5.41, 5.74) is 5.99. The Kier molecular flexibility index (Phi) is 4.05. The van der Waals surface area contributed by atoms with E-state index < -0.39 is 11.9 Å². The maximum atomic E-state index is 11.3. The fraction of sp³-hybridized carbons (Fsp3) is 0.444. The van der Waals surface area contributed by atoms with Crippen LogP contribution in [-0.2, 0) is 16.1 Å². The summed E-state index contributed by atoms with van der Waals surface area (Å²) in [4.78, 5) is 22.0. The van der Waals surface area contributed by atoms with Gasteiger partial charge in [0.25, 0.3) is 0 Å². The van der Waals surface area contributed by atoms with Gasteiger partial charge in [-0.3, -0.25) is 9.48 Å². The minimum Gasteiger partial charge on any atom is -0.464 e. The summed E-state index contributed by atoms with van der Waals surface area (Å²) < 4.78 is 6.69. The molecular formula is C9H12BrN3O3. The van der Waals surface area contributed by atoms with Crippen LogP contribution < -0.4 is 5.73 Å². The van der Waals surface area contributed by atoms with Gasteiger partial charge in [-0.1, -0.05) is 0 Å². The number of halogens is 1. The first-order chi connectivity index (χ1) is 7.47. The smallest absolute Gasteiger partial charge is 0.359 e. The van der Waals surface area contributed by atoms with Gasteiger partial charge >= 0.3 is 5.97 Å². The zero-order chi connectivity index (χ0) is 12.3.